The van der Waals surface area contributed by atoms with Crippen LogP contribution in [-0.4, -0.2) is 28.0 Å². The number of ether oxygens (including phenoxy) is 1. The largest absolute Gasteiger partial charge is 0.465 e. The topological polar surface area (TPSA) is 107 Å². The third kappa shape index (κ3) is 3.79. The van der Waals surface area contributed by atoms with Gasteiger partial charge in [0, 0.05) is 28.8 Å². The standard InChI is InChI=1S/C22H16N4O4/c1-30-22(27)15-7-4-8-16(12-15)23-21-18-10-2-3-11-19(18)24-20(25-21)14-6-5-9-17(13-14)26(28)29/h2-13H,1H3,(H,23,24,25). The quantitative estimate of drug-likeness (QED) is 0.293. The molecule has 148 valence electrons. The number of benzene rings is 3. The first-order chi connectivity index (χ1) is 14.5. The van der Waals surface area contributed by atoms with E-state index in [0.29, 0.717) is 34.0 Å². The van der Waals surface area contributed by atoms with Gasteiger partial charge in [-0.2, -0.15) is 0 Å². The molecule has 1 N–H and O–H groups in total. The van der Waals surface area contributed by atoms with E-state index in [0.717, 1.165) is 5.39 Å². The molecule has 8 nitrogen and oxygen atoms in total. The number of carbonyl (C=O) groups is 1. The lowest BCUT2D eigenvalue weighted by molar-refractivity contribution is -0.384. The molecule has 0 unspecified atom stereocenters. The van der Waals surface area contributed by atoms with Crippen LogP contribution in [-0.2, 0) is 4.74 Å². The minimum atomic E-state index is -0.456. The molecule has 4 rings (SSSR count). The highest BCUT2D eigenvalue weighted by Crippen LogP contribution is 2.29. The second-order valence-electron chi connectivity index (χ2n) is 6.42. The van der Waals surface area contributed by atoms with E-state index < -0.39 is 10.9 Å². The molecular weight excluding hydrogens is 384 g/mol. The van der Waals surface area contributed by atoms with Crippen LogP contribution in [0.15, 0.2) is 72.8 Å². The Balaban J connectivity index is 1.81. The maximum absolute atomic E-state index is 11.8. The Hall–Kier alpha value is -4.33. The molecule has 0 amide bonds. The number of para-hydroxylation sites is 1. The molecule has 0 aliphatic heterocycles. The fraction of sp³-hybridized carbons (Fsp3) is 0.0455. The average molecular weight is 400 g/mol. The average Bonchev–Trinajstić information content (AvgIpc) is 2.78. The van der Waals surface area contributed by atoms with Crippen molar-refractivity contribution in [1.29, 1.82) is 0 Å². The Kier molecular flexibility index (Phi) is 5.04. The molecule has 0 saturated heterocycles. The number of esters is 1. The summed E-state index contributed by atoms with van der Waals surface area (Å²) in [7, 11) is 1.33. The Morgan fingerprint density at radius 3 is 2.60 bits per heavy atom. The molecule has 0 fully saturated rings. The fourth-order valence-electron chi connectivity index (χ4n) is 3.04. The smallest absolute Gasteiger partial charge is 0.337 e. The van der Waals surface area contributed by atoms with Crippen LogP contribution in [0.1, 0.15) is 10.4 Å². The van der Waals surface area contributed by atoms with Crippen LogP contribution >= 0.6 is 0 Å². The summed E-state index contributed by atoms with van der Waals surface area (Å²) in [5.41, 5.74) is 2.22. The van der Waals surface area contributed by atoms with E-state index in [2.05, 4.69) is 15.3 Å². The predicted octanol–water partition coefficient (Wildman–Crippen LogP) is 4.74. The number of methoxy groups -OCH3 is 1. The van der Waals surface area contributed by atoms with Gasteiger partial charge in [-0.3, -0.25) is 10.1 Å². The highest BCUT2D eigenvalue weighted by molar-refractivity contribution is 5.94. The van der Waals surface area contributed by atoms with E-state index >= 15 is 0 Å². The molecule has 1 heterocycles. The number of nitrogens with one attached hydrogen (secondary N) is 1. The van der Waals surface area contributed by atoms with Crippen molar-refractivity contribution in [2.45, 2.75) is 0 Å². The number of hydrogen-bond donors (Lipinski definition) is 1. The van der Waals surface area contributed by atoms with Gasteiger partial charge in [0.15, 0.2) is 5.82 Å². The maximum Gasteiger partial charge on any atom is 0.337 e. The van der Waals surface area contributed by atoms with Crippen LogP contribution in [0.25, 0.3) is 22.3 Å². The van der Waals surface area contributed by atoms with E-state index in [1.807, 2.05) is 24.3 Å². The molecule has 8 heteroatoms. The zero-order valence-corrected chi connectivity index (χ0v) is 15.9. The first kappa shape index (κ1) is 19.0. The van der Waals surface area contributed by atoms with Gasteiger partial charge in [-0.15, -0.1) is 0 Å². The lowest BCUT2D eigenvalue weighted by Crippen LogP contribution is -2.03. The normalized spacial score (nSPS) is 10.6. The number of anilines is 2. The predicted molar refractivity (Wildman–Crippen MR) is 113 cm³/mol. The Morgan fingerprint density at radius 2 is 1.80 bits per heavy atom. The number of carbonyl (C=O) groups excluding carboxylic acids is 1. The molecular formula is C22H16N4O4. The van der Waals surface area contributed by atoms with Crippen LogP contribution in [0, 0.1) is 10.1 Å². The van der Waals surface area contributed by atoms with Crippen molar-refractivity contribution in [2.24, 2.45) is 0 Å². The minimum absolute atomic E-state index is 0.0375. The van der Waals surface area contributed by atoms with E-state index in [9.17, 15) is 14.9 Å². The first-order valence-electron chi connectivity index (χ1n) is 9.02. The van der Waals surface area contributed by atoms with Crippen molar-refractivity contribution in [3.8, 4) is 11.4 Å². The van der Waals surface area contributed by atoms with Gasteiger partial charge in [-0.25, -0.2) is 14.8 Å². The summed E-state index contributed by atoms with van der Waals surface area (Å²) in [4.78, 5) is 31.7. The second-order valence-corrected chi connectivity index (χ2v) is 6.42. The van der Waals surface area contributed by atoms with Gasteiger partial charge in [-0.1, -0.05) is 30.3 Å². The summed E-state index contributed by atoms with van der Waals surface area (Å²) in [6.07, 6.45) is 0. The van der Waals surface area contributed by atoms with E-state index in [-0.39, 0.29) is 5.69 Å². The van der Waals surface area contributed by atoms with Gasteiger partial charge in [0.2, 0.25) is 0 Å². The minimum Gasteiger partial charge on any atom is -0.465 e. The highest BCUT2D eigenvalue weighted by atomic mass is 16.6. The van der Waals surface area contributed by atoms with Crippen LogP contribution in [0.2, 0.25) is 0 Å². The molecule has 4 aromatic rings. The SMILES string of the molecule is COC(=O)c1cccc(Nc2nc(-c3cccc([N+](=O)[O-])c3)nc3ccccc23)c1. The number of fused-ring (bicyclic) bond motifs is 1. The van der Waals surface area contributed by atoms with Crippen molar-refractivity contribution in [3.63, 3.8) is 0 Å². The van der Waals surface area contributed by atoms with Crippen molar-refractivity contribution in [1.82, 2.24) is 9.97 Å². The number of nitro benzene ring substituents is 1. The van der Waals surface area contributed by atoms with E-state index in [4.69, 9.17) is 4.74 Å². The summed E-state index contributed by atoms with van der Waals surface area (Å²) in [6, 6.07) is 20.5. The Morgan fingerprint density at radius 1 is 1.00 bits per heavy atom. The summed E-state index contributed by atoms with van der Waals surface area (Å²) < 4.78 is 4.77. The van der Waals surface area contributed by atoms with Gasteiger partial charge >= 0.3 is 5.97 Å². The molecule has 0 radical (unpaired) electrons. The molecule has 0 atom stereocenters. The van der Waals surface area contributed by atoms with E-state index in [1.165, 1.54) is 19.2 Å². The lowest BCUT2D eigenvalue weighted by Gasteiger charge is -2.12. The van der Waals surface area contributed by atoms with E-state index in [1.54, 1.807) is 36.4 Å². The monoisotopic (exact) mass is 400 g/mol. The lowest BCUT2D eigenvalue weighted by atomic mass is 10.1. The van der Waals surface area contributed by atoms with Crippen molar-refractivity contribution in [2.75, 3.05) is 12.4 Å². The molecule has 3 aromatic carbocycles. The Labute approximate surface area is 171 Å². The van der Waals surface area contributed by atoms with Gasteiger partial charge in [0.05, 0.1) is 23.1 Å². The van der Waals surface area contributed by atoms with Crippen molar-refractivity contribution < 1.29 is 14.5 Å². The van der Waals surface area contributed by atoms with Crippen molar-refractivity contribution in [3.05, 3.63) is 88.5 Å². The van der Waals surface area contributed by atoms with Crippen LogP contribution in [0.5, 0.6) is 0 Å². The molecule has 0 bridgehead atoms. The Bertz CT molecular complexity index is 1270. The van der Waals surface area contributed by atoms with Gasteiger partial charge in [0.25, 0.3) is 5.69 Å². The first-order valence-corrected chi connectivity index (χ1v) is 9.02. The summed E-state index contributed by atoms with van der Waals surface area (Å²) >= 11 is 0. The molecule has 1 aromatic heterocycles. The van der Waals surface area contributed by atoms with Crippen LogP contribution in [0.3, 0.4) is 0 Å². The molecule has 0 aliphatic carbocycles. The zero-order valence-electron chi connectivity index (χ0n) is 15.9. The second kappa shape index (κ2) is 7.96. The molecule has 0 aliphatic rings. The third-order valence-corrected chi connectivity index (χ3v) is 4.46. The number of nitro groups is 1. The number of hydrogen-bond acceptors (Lipinski definition) is 7. The van der Waals surface area contributed by atoms with Gasteiger partial charge in [-0.05, 0) is 30.3 Å². The molecule has 0 spiro atoms. The summed E-state index contributed by atoms with van der Waals surface area (Å²) in [5.74, 6) is 0.427. The maximum atomic E-state index is 11.8. The highest BCUT2D eigenvalue weighted by Gasteiger charge is 2.13. The zero-order chi connectivity index (χ0) is 21.1. The third-order valence-electron chi connectivity index (χ3n) is 4.46. The number of rotatable bonds is 5. The molecule has 30 heavy (non-hydrogen) atoms. The van der Waals surface area contributed by atoms with Crippen LogP contribution < -0.4 is 5.32 Å². The van der Waals surface area contributed by atoms with Crippen LogP contribution in [0.4, 0.5) is 17.2 Å². The number of non-ortho nitro benzene ring substituents is 1. The molecule has 0 saturated carbocycles. The van der Waals surface area contributed by atoms with Gasteiger partial charge in [0.1, 0.15) is 5.82 Å². The summed E-state index contributed by atoms with van der Waals surface area (Å²) in [5, 5.41) is 15.1. The van der Waals surface area contributed by atoms with Gasteiger partial charge < -0.3 is 10.1 Å². The van der Waals surface area contributed by atoms with Crippen molar-refractivity contribution >= 4 is 34.1 Å². The summed E-state index contributed by atoms with van der Waals surface area (Å²) in [6.45, 7) is 0. The fourth-order valence-corrected chi connectivity index (χ4v) is 3.04. The number of nitrogens with zero attached hydrogens (tertiary/aromatic N) is 3. The number of aromatic nitrogens is 2.